The number of halogens is 1. The minimum Gasteiger partial charge on any atom is -0.291 e. The van der Waals surface area contributed by atoms with Crippen molar-refractivity contribution in [3.8, 4) is 11.3 Å². The number of hydrogen-bond donors (Lipinski definition) is 1. The number of benzene rings is 2. The first-order chi connectivity index (χ1) is 13.3. The van der Waals surface area contributed by atoms with Gasteiger partial charge in [-0.2, -0.15) is 0 Å². The Kier molecular flexibility index (Phi) is 4.56. The number of nitrogens with one attached hydrogen (secondary N) is 1. The molecule has 2 aromatic heterocycles. The number of aromatic nitrogens is 3. The first-order valence-electron chi connectivity index (χ1n) is 8.53. The van der Waals surface area contributed by atoms with Crippen LogP contribution in [-0.2, 0) is 10.0 Å². The number of anilines is 1. The molecule has 1 N–H and O–H groups in total. The molecule has 0 fully saturated rings. The third-order valence-electron chi connectivity index (χ3n) is 4.47. The molecule has 0 aliphatic rings. The minimum absolute atomic E-state index is 0.116. The highest BCUT2D eigenvalue weighted by molar-refractivity contribution is 7.92. The summed E-state index contributed by atoms with van der Waals surface area (Å²) in [6.45, 7) is 3.67. The molecule has 0 saturated carbocycles. The van der Waals surface area contributed by atoms with Crippen LogP contribution in [0.5, 0.6) is 0 Å². The lowest BCUT2D eigenvalue weighted by Gasteiger charge is -2.12. The lowest BCUT2D eigenvalue weighted by atomic mass is 10.1. The van der Waals surface area contributed by atoms with Crippen LogP contribution >= 0.6 is 11.6 Å². The van der Waals surface area contributed by atoms with Gasteiger partial charge in [0.1, 0.15) is 0 Å². The van der Waals surface area contributed by atoms with Gasteiger partial charge < -0.3 is 0 Å². The van der Waals surface area contributed by atoms with E-state index in [2.05, 4.69) is 14.7 Å². The van der Waals surface area contributed by atoms with Crippen LogP contribution in [0, 0.1) is 13.8 Å². The highest BCUT2D eigenvalue weighted by atomic mass is 35.5. The summed E-state index contributed by atoms with van der Waals surface area (Å²) in [6, 6.07) is 12.0. The smallest absolute Gasteiger partial charge is 0.261 e. The second-order valence-electron chi connectivity index (χ2n) is 6.50. The molecule has 0 radical (unpaired) electrons. The zero-order valence-corrected chi connectivity index (χ0v) is 16.8. The Labute approximate surface area is 167 Å². The van der Waals surface area contributed by atoms with Crippen LogP contribution in [0.3, 0.4) is 0 Å². The average Bonchev–Trinajstić information content (AvgIpc) is 3.09. The lowest BCUT2D eigenvalue weighted by Crippen LogP contribution is -2.14. The fourth-order valence-corrected chi connectivity index (χ4v) is 4.20. The standard InChI is InChI=1S/C20H17ClN4O2S/c1-13-5-7-16(11-17(13)21)28(26,27)24-18-10-15(6-4-14(18)2)19-12-25-9-3-8-22-20(25)23-19/h3-12,24H,1-2H3. The number of imidazole rings is 1. The predicted octanol–water partition coefficient (Wildman–Crippen LogP) is 4.47. The van der Waals surface area contributed by atoms with E-state index in [0.29, 0.717) is 22.2 Å². The zero-order chi connectivity index (χ0) is 19.9. The normalized spacial score (nSPS) is 11.7. The molecule has 0 aliphatic carbocycles. The molecular formula is C20H17ClN4O2S. The van der Waals surface area contributed by atoms with Crippen molar-refractivity contribution in [2.75, 3.05) is 4.72 Å². The largest absolute Gasteiger partial charge is 0.291 e. The molecule has 0 saturated heterocycles. The maximum atomic E-state index is 12.8. The third-order valence-corrected chi connectivity index (χ3v) is 6.24. The van der Waals surface area contributed by atoms with E-state index < -0.39 is 10.0 Å². The molecule has 0 spiro atoms. The van der Waals surface area contributed by atoms with Crippen LogP contribution in [-0.4, -0.2) is 22.8 Å². The molecule has 2 aromatic carbocycles. The van der Waals surface area contributed by atoms with Gasteiger partial charge in [-0.15, -0.1) is 0 Å². The molecule has 6 nitrogen and oxygen atoms in total. The molecule has 0 atom stereocenters. The van der Waals surface area contributed by atoms with Crippen LogP contribution in [0.4, 0.5) is 5.69 Å². The molecule has 28 heavy (non-hydrogen) atoms. The van der Waals surface area contributed by atoms with E-state index in [1.54, 1.807) is 18.3 Å². The van der Waals surface area contributed by atoms with Gasteiger partial charge in [-0.25, -0.2) is 18.4 Å². The van der Waals surface area contributed by atoms with E-state index in [0.717, 1.165) is 16.7 Å². The molecule has 0 bridgehead atoms. The average molecular weight is 413 g/mol. The number of sulfonamides is 1. The molecule has 4 aromatic rings. The Morgan fingerprint density at radius 2 is 1.86 bits per heavy atom. The van der Waals surface area contributed by atoms with E-state index in [1.165, 1.54) is 12.1 Å². The number of aryl methyl sites for hydroxylation is 2. The highest BCUT2D eigenvalue weighted by Gasteiger charge is 2.17. The molecule has 0 unspecified atom stereocenters. The molecule has 0 aliphatic heterocycles. The van der Waals surface area contributed by atoms with Crippen molar-refractivity contribution >= 4 is 33.1 Å². The van der Waals surface area contributed by atoms with Crippen molar-refractivity contribution < 1.29 is 8.42 Å². The third kappa shape index (κ3) is 3.46. The Hall–Kier alpha value is -2.90. The molecular weight excluding hydrogens is 396 g/mol. The highest BCUT2D eigenvalue weighted by Crippen LogP contribution is 2.28. The van der Waals surface area contributed by atoms with Crippen LogP contribution in [0.2, 0.25) is 5.02 Å². The van der Waals surface area contributed by atoms with Gasteiger partial charge in [-0.05, 0) is 49.2 Å². The number of nitrogens with zero attached hydrogens (tertiary/aromatic N) is 3. The van der Waals surface area contributed by atoms with Gasteiger partial charge in [-0.1, -0.05) is 29.8 Å². The maximum absolute atomic E-state index is 12.8. The number of fused-ring (bicyclic) bond motifs is 1. The van der Waals surface area contributed by atoms with Crippen molar-refractivity contribution in [3.05, 3.63) is 77.2 Å². The van der Waals surface area contributed by atoms with Crippen LogP contribution in [0.15, 0.2) is 66.0 Å². The molecule has 0 amide bonds. The lowest BCUT2D eigenvalue weighted by molar-refractivity contribution is 0.601. The first kappa shape index (κ1) is 18.5. The molecule has 8 heteroatoms. The quantitative estimate of drug-likeness (QED) is 0.536. The van der Waals surface area contributed by atoms with Crippen molar-refractivity contribution in [1.82, 2.24) is 14.4 Å². The first-order valence-corrected chi connectivity index (χ1v) is 10.4. The Balaban J connectivity index is 1.71. The second kappa shape index (κ2) is 6.92. The number of rotatable bonds is 4. The van der Waals surface area contributed by atoms with Gasteiger partial charge in [0.2, 0.25) is 5.78 Å². The van der Waals surface area contributed by atoms with E-state index in [1.807, 2.05) is 48.8 Å². The van der Waals surface area contributed by atoms with Crippen molar-refractivity contribution in [2.45, 2.75) is 18.7 Å². The monoisotopic (exact) mass is 412 g/mol. The predicted molar refractivity (Wildman–Crippen MR) is 110 cm³/mol. The summed E-state index contributed by atoms with van der Waals surface area (Å²) in [5.74, 6) is 0.578. The zero-order valence-electron chi connectivity index (χ0n) is 15.2. The summed E-state index contributed by atoms with van der Waals surface area (Å²) < 4.78 is 30.1. The molecule has 4 rings (SSSR count). The van der Waals surface area contributed by atoms with Crippen LogP contribution < -0.4 is 4.72 Å². The number of hydrogen-bond acceptors (Lipinski definition) is 4. The van der Waals surface area contributed by atoms with Gasteiger partial charge in [0.25, 0.3) is 10.0 Å². The summed E-state index contributed by atoms with van der Waals surface area (Å²) in [7, 11) is -3.77. The fraction of sp³-hybridized carbons (Fsp3) is 0.100. The molecule has 142 valence electrons. The van der Waals surface area contributed by atoms with Crippen molar-refractivity contribution in [3.63, 3.8) is 0 Å². The minimum atomic E-state index is -3.77. The van der Waals surface area contributed by atoms with E-state index in [9.17, 15) is 8.42 Å². The van der Waals surface area contributed by atoms with Crippen LogP contribution in [0.25, 0.3) is 17.0 Å². The Morgan fingerprint density at radius 1 is 1.07 bits per heavy atom. The molecule has 2 heterocycles. The van der Waals surface area contributed by atoms with Crippen molar-refractivity contribution in [2.24, 2.45) is 0 Å². The van der Waals surface area contributed by atoms with Crippen molar-refractivity contribution in [1.29, 1.82) is 0 Å². The SMILES string of the molecule is Cc1ccc(S(=O)(=O)Nc2cc(-c3cn4cccnc4n3)ccc2C)cc1Cl. The van der Waals surface area contributed by atoms with Crippen LogP contribution in [0.1, 0.15) is 11.1 Å². The summed E-state index contributed by atoms with van der Waals surface area (Å²) in [6.07, 6.45) is 5.39. The Bertz CT molecular complexity index is 1270. The fourth-order valence-electron chi connectivity index (χ4n) is 2.80. The van der Waals surface area contributed by atoms with Gasteiger partial charge in [0.15, 0.2) is 0 Å². The van der Waals surface area contributed by atoms with Gasteiger partial charge in [-0.3, -0.25) is 9.12 Å². The van der Waals surface area contributed by atoms with E-state index >= 15 is 0 Å². The van der Waals surface area contributed by atoms with E-state index in [-0.39, 0.29) is 4.90 Å². The van der Waals surface area contributed by atoms with E-state index in [4.69, 9.17) is 11.6 Å². The van der Waals surface area contributed by atoms with Gasteiger partial charge in [0, 0.05) is 29.2 Å². The summed E-state index contributed by atoms with van der Waals surface area (Å²) in [4.78, 5) is 8.81. The maximum Gasteiger partial charge on any atom is 0.261 e. The van der Waals surface area contributed by atoms with Gasteiger partial charge >= 0.3 is 0 Å². The second-order valence-corrected chi connectivity index (χ2v) is 8.59. The summed E-state index contributed by atoms with van der Waals surface area (Å²) >= 11 is 6.09. The summed E-state index contributed by atoms with van der Waals surface area (Å²) in [5.41, 5.74) is 3.60. The Morgan fingerprint density at radius 3 is 2.61 bits per heavy atom. The summed E-state index contributed by atoms with van der Waals surface area (Å²) in [5, 5.41) is 0.408. The van der Waals surface area contributed by atoms with Gasteiger partial charge in [0.05, 0.1) is 16.3 Å². The topological polar surface area (TPSA) is 76.4 Å².